The first-order valence-electron chi connectivity index (χ1n) is 10.1. The Balaban J connectivity index is 1.72. The van der Waals surface area contributed by atoms with E-state index in [0.717, 1.165) is 49.6 Å². The lowest BCUT2D eigenvalue weighted by molar-refractivity contribution is 0.0816. The Hall–Kier alpha value is -1.89. The number of hydrogen-bond acceptors (Lipinski definition) is 8. The molecule has 12 heteroatoms. The number of halogens is 2. The molecule has 0 aliphatic heterocycles. The standard InChI is InChI=1S/C19H28F2N6O2S2/c1-12(23)13(9-19(5-6-22)3-2-4-19)10-24-16-7-15(21)17(8-14(16)20)31(28,29)27-18-25-11-26-30-18/h7-8,11-13,24H,2-6,9-10,22-23H2,1H3,(H,25,26,27)/t12-,13-/m1/s1. The van der Waals surface area contributed by atoms with Gasteiger partial charge in [-0.15, -0.1) is 0 Å². The van der Waals surface area contributed by atoms with Gasteiger partial charge in [0.1, 0.15) is 22.9 Å². The Morgan fingerprint density at radius 1 is 1.29 bits per heavy atom. The predicted octanol–water partition coefficient (Wildman–Crippen LogP) is 2.90. The van der Waals surface area contributed by atoms with Crippen molar-refractivity contribution in [2.45, 2.75) is 50.0 Å². The van der Waals surface area contributed by atoms with Gasteiger partial charge in [0.15, 0.2) is 0 Å². The summed E-state index contributed by atoms with van der Waals surface area (Å²) in [4.78, 5) is 2.88. The summed E-state index contributed by atoms with van der Waals surface area (Å²) in [6.45, 7) is 2.85. The highest BCUT2D eigenvalue weighted by Gasteiger charge is 2.38. The molecule has 31 heavy (non-hydrogen) atoms. The second-order valence-corrected chi connectivity index (χ2v) is 10.6. The third-order valence-electron chi connectivity index (χ3n) is 5.98. The van der Waals surface area contributed by atoms with Gasteiger partial charge in [0.05, 0.1) is 5.69 Å². The van der Waals surface area contributed by atoms with Gasteiger partial charge in [-0.3, -0.25) is 4.72 Å². The first-order valence-corrected chi connectivity index (χ1v) is 12.4. The van der Waals surface area contributed by atoms with Crippen LogP contribution < -0.4 is 21.5 Å². The highest BCUT2D eigenvalue weighted by Crippen LogP contribution is 2.48. The first kappa shape index (κ1) is 23.8. The second-order valence-electron chi connectivity index (χ2n) is 8.21. The van der Waals surface area contributed by atoms with Gasteiger partial charge in [0, 0.05) is 30.2 Å². The molecule has 8 nitrogen and oxygen atoms in total. The highest BCUT2D eigenvalue weighted by atomic mass is 32.2. The van der Waals surface area contributed by atoms with Crippen LogP contribution in [0.5, 0.6) is 0 Å². The SMILES string of the molecule is C[C@@H](N)[C@@H](CNc1cc(F)c(S(=O)(=O)Nc2ncns2)cc1F)CC1(CCN)CCC1. The lowest BCUT2D eigenvalue weighted by atomic mass is 9.61. The Kier molecular flexibility index (Phi) is 7.45. The molecule has 0 radical (unpaired) electrons. The van der Waals surface area contributed by atoms with E-state index in [1.807, 2.05) is 6.92 Å². The molecule has 0 spiro atoms. The predicted molar refractivity (Wildman–Crippen MR) is 117 cm³/mol. The largest absolute Gasteiger partial charge is 0.382 e. The molecule has 3 rings (SSSR count). The van der Waals surface area contributed by atoms with Crippen molar-refractivity contribution < 1.29 is 17.2 Å². The normalized spacial score (nSPS) is 17.6. The van der Waals surface area contributed by atoms with Crippen LogP contribution in [0.25, 0.3) is 0 Å². The molecular weight excluding hydrogens is 446 g/mol. The number of nitrogens with zero attached hydrogens (tertiary/aromatic N) is 2. The molecule has 0 saturated heterocycles. The first-order chi connectivity index (χ1) is 14.7. The fourth-order valence-electron chi connectivity index (χ4n) is 4.04. The zero-order valence-corrected chi connectivity index (χ0v) is 18.9. The Bertz CT molecular complexity index is 982. The quantitative estimate of drug-likeness (QED) is 0.393. The smallest absolute Gasteiger partial charge is 0.266 e. The minimum absolute atomic E-state index is 0.0378. The van der Waals surface area contributed by atoms with Crippen LogP contribution in [0.1, 0.15) is 39.0 Å². The maximum Gasteiger partial charge on any atom is 0.266 e. The molecule has 1 saturated carbocycles. The van der Waals surface area contributed by atoms with E-state index in [4.69, 9.17) is 11.5 Å². The van der Waals surface area contributed by atoms with Gasteiger partial charge >= 0.3 is 0 Å². The molecule has 1 aliphatic rings. The van der Waals surface area contributed by atoms with E-state index >= 15 is 0 Å². The van der Waals surface area contributed by atoms with Crippen molar-refractivity contribution >= 4 is 32.4 Å². The molecule has 172 valence electrons. The fourth-order valence-corrected chi connectivity index (χ4v) is 5.77. The van der Waals surface area contributed by atoms with Crippen LogP contribution in [0, 0.1) is 23.0 Å². The molecule has 1 heterocycles. The van der Waals surface area contributed by atoms with Crippen LogP contribution >= 0.6 is 11.5 Å². The van der Waals surface area contributed by atoms with Gasteiger partial charge < -0.3 is 16.8 Å². The van der Waals surface area contributed by atoms with Crippen molar-refractivity contribution in [3.63, 3.8) is 0 Å². The number of sulfonamides is 1. The molecule has 1 aliphatic carbocycles. The number of nitrogens with two attached hydrogens (primary N) is 2. The Morgan fingerprint density at radius 3 is 2.58 bits per heavy atom. The molecule has 0 amide bonds. The highest BCUT2D eigenvalue weighted by molar-refractivity contribution is 7.93. The maximum atomic E-state index is 14.6. The minimum atomic E-state index is -4.34. The molecule has 0 unspecified atom stereocenters. The zero-order chi connectivity index (χ0) is 22.6. The van der Waals surface area contributed by atoms with Crippen LogP contribution in [0.2, 0.25) is 0 Å². The van der Waals surface area contributed by atoms with E-state index in [1.54, 1.807) is 0 Å². The minimum Gasteiger partial charge on any atom is -0.382 e. The molecule has 1 aromatic carbocycles. The van der Waals surface area contributed by atoms with Crippen molar-refractivity contribution in [1.82, 2.24) is 9.36 Å². The average Bonchev–Trinajstić information content (AvgIpc) is 3.16. The number of aromatic nitrogens is 2. The van der Waals surface area contributed by atoms with Gasteiger partial charge in [-0.25, -0.2) is 22.2 Å². The van der Waals surface area contributed by atoms with Crippen molar-refractivity contribution in [3.8, 4) is 0 Å². The molecule has 1 fully saturated rings. The van der Waals surface area contributed by atoms with Gasteiger partial charge in [0.2, 0.25) is 5.13 Å². The summed E-state index contributed by atoms with van der Waals surface area (Å²) in [6, 6.07) is 1.36. The number of anilines is 2. The summed E-state index contributed by atoms with van der Waals surface area (Å²) in [5, 5.41) is 2.87. The molecule has 2 atom stereocenters. The van der Waals surface area contributed by atoms with E-state index in [1.165, 1.54) is 6.42 Å². The third kappa shape index (κ3) is 5.68. The summed E-state index contributed by atoms with van der Waals surface area (Å²) in [5.74, 6) is -1.91. The second kappa shape index (κ2) is 9.72. The van der Waals surface area contributed by atoms with Crippen LogP contribution in [-0.4, -0.2) is 36.9 Å². The Labute approximate surface area is 185 Å². The van der Waals surface area contributed by atoms with E-state index in [-0.39, 0.29) is 28.2 Å². The lowest BCUT2D eigenvalue weighted by Gasteiger charge is -2.45. The monoisotopic (exact) mass is 474 g/mol. The summed E-state index contributed by atoms with van der Waals surface area (Å²) in [6.07, 6.45) is 6.31. The van der Waals surface area contributed by atoms with E-state index in [9.17, 15) is 17.2 Å². The summed E-state index contributed by atoms with van der Waals surface area (Å²) < 4.78 is 59.7. The van der Waals surface area contributed by atoms with Crippen molar-refractivity contribution in [3.05, 3.63) is 30.1 Å². The summed E-state index contributed by atoms with van der Waals surface area (Å²) in [7, 11) is -4.34. The molecular formula is C19H28F2N6O2S2. The number of rotatable bonds is 11. The topological polar surface area (TPSA) is 136 Å². The number of hydrogen-bond donors (Lipinski definition) is 4. The number of benzene rings is 1. The van der Waals surface area contributed by atoms with Gasteiger partial charge in [-0.05, 0) is 56.6 Å². The van der Waals surface area contributed by atoms with Crippen LogP contribution in [0.3, 0.4) is 0 Å². The van der Waals surface area contributed by atoms with Gasteiger partial charge in [-0.1, -0.05) is 6.42 Å². The molecule has 2 aromatic rings. The van der Waals surface area contributed by atoms with Gasteiger partial charge in [-0.2, -0.15) is 4.37 Å². The maximum absolute atomic E-state index is 14.6. The van der Waals surface area contributed by atoms with Crippen molar-refractivity contribution in [2.24, 2.45) is 22.8 Å². The van der Waals surface area contributed by atoms with E-state index < -0.39 is 26.6 Å². The summed E-state index contributed by atoms with van der Waals surface area (Å²) >= 11 is 0.786. The molecule has 6 N–H and O–H groups in total. The summed E-state index contributed by atoms with van der Waals surface area (Å²) in [5.41, 5.74) is 12.0. The van der Waals surface area contributed by atoms with Crippen LogP contribution in [-0.2, 0) is 10.0 Å². The van der Waals surface area contributed by atoms with Crippen molar-refractivity contribution in [1.29, 1.82) is 0 Å². The number of nitrogens with one attached hydrogen (secondary N) is 2. The fraction of sp³-hybridized carbons (Fsp3) is 0.579. The van der Waals surface area contributed by atoms with Crippen molar-refractivity contribution in [2.75, 3.05) is 23.1 Å². The average molecular weight is 475 g/mol. The third-order valence-corrected chi connectivity index (χ3v) is 8.04. The van der Waals surface area contributed by atoms with Gasteiger partial charge in [0.25, 0.3) is 10.0 Å². The zero-order valence-electron chi connectivity index (χ0n) is 17.3. The Morgan fingerprint density at radius 2 is 2.03 bits per heavy atom. The van der Waals surface area contributed by atoms with E-state index in [2.05, 4.69) is 19.4 Å². The molecule has 0 bridgehead atoms. The van der Waals surface area contributed by atoms with E-state index in [0.29, 0.717) is 19.2 Å². The van der Waals surface area contributed by atoms with Crippen LogP contribution in [0.15, 0.2) is 23.4 Å². The molecule has 1 aromatic heterocycles. The lowest BCUT2D eigenvalue weighted by Crippen LogP contribution is -2.41. The van der Waals surface area contributed by atoms with Crippen LogP contribution in [0.4, 0.5) is 19.6 Å².